The van der Waals surface area contributed by atoms with Crippen molar-refractivity contribution in [3.8, 4) is 0 Å². The number of hydrogen-bond donors (Lipinski definition) is 3. The van der Waals surface area contributed by atoms with Crippen molar-refractivity contribution in [3.63, 3.8) is 0 Å². The Bertz CT molecular complexity index is 924. The van der Waals surface area contributed by atoms with Crippen molar-refractivity contribution in [1.82, 2.24) is 10.3 Å². The number of alkyl carbamates (subject to hydrolysis) is 1. The standard InChI is InChI=1S/C19H17BrN2O4/c20-14-6-7-15-13(10-21-16(15)9-14)8-17(18(23)24)22-19(25)26-11-12-4-2-1-3-5-12/h1-7,9-10,17,21H,8,11H2,(H,22,25)(H,23,24). The Hall–Kier alpha value is -2.80. The molecule has 1 atom stereocenters. The van der Waals surface area contributed by atoms with Gasteiger partial charge in [0.1, 0.15) is 12.6 Å². The highest BCUT2D eigenvalue weighted by molar-refractivity contribution is 9.10. The van der Waals surface area contributed by atoms with Crippen molar-refractivity contribution in [2.24, 2.45) is 0 Å². The van der Waals surface area contributed by atoms with Crippen molar-refractivity contribution >= 4 is 38.9 Å². The average Bonchev–Trinajstić information content (AvgIpc) is 3.02. The third-order valence-electron chi connectivity index (χ3n) is 3.96. The molecule has 3 aromatic rings. The SMILES string of the molecule is O=C(NC(Cc1c[nH]c2cc(Br)ccc12)C(=O)O)OCc1ccccc1. The van der Waals surface area contributed by atoms with E-state index in [2.05, 4.69) is 26.2 Å². The molecule has 0 fully saturated rings. The van der Waals surface area contributed by atoms with Crippen LogP contribution in [0.3, 0.4) is 0 Å². The van der Waals surface area contributed by atoms with Gasteiger partial charge < -0.3 is 20.1 Å². The summed E-state index contributed by atoms with van der Waals surface area (Å²) in [5.41, 5.74) is 2.53. The summed E-state index contributed by atoms with van der Waals surface area (Å²) in [7, 11) is 0. The molecule has 0 spiro atoms. The van der Waals surface area contributed by atoms with Gasteiger partial charge in [-0.3, -0.25) is 0 Å². The number of fused-ring (bicyclic) bond motifs is 1. The van der Waals surface area contributed by atoms with E-state index in [0.29, 0.717) is 0 Å². The van der Waals surface area contributed by atoms with Gasteiger partial charge in [0.15, 0.2) is 0 Å². The Kier molecular flexibility index (Phi) is 5.58. The molecule has 3 N–H and O–H groups in total. The Labute approximate surface area is 158 Å². The summed E-state index contributed by atoms with van der Waals surface area (Å²) in [6, 6.07) is 13.8. The van der Waals surface area contributed by atoms with Crippen LogP contribution < -0.4 is 5.32 Å². The molecule has 26 heavy (non-hydrogen) atoms. The number of ether oxygens (including phenoxy) is 1. The molecule has 0 aliphatic carbocycles. The second kappa shape index (κ2) is 8.05. The fourth-order valence-corrected chi connectivity index (χ4v) is 3.02. The largest absolute Gasteiger partial charge is 0.480 e. The van der Waals surface area contributed by atoms with Gasteiger partial charge in [-0.2, -0.15) is 0 Å². The van der Waals surface area contributed by atoms with Crippen molar-refractivity contribution in [2.45, 2.75) is 19.1 Å². The van der Waals surface area contributed by atoms with Crippen LogP contribution in [0.25, 0.3) is 10.9 Å². The maximum Gasteiger partial charge on any atom is 0.408 e. The number of carbonyl (C=O) groups is 2. The van der Waals surface area contributed by atoms with Gasteiger partial charge in [0, 0.05) is 28.0 Å². The summed E-state index contributed by atoms with van der Waals surface area (Å²) < 4.78 is 6.03. The van der Waals surface area contributed by atoms with Crippen LogP contribution in [-0.2, 0) is 22.6 Å². The number of H-pyrrole nitrogens is 1. The van der Waals surface area contributed by atoms with Crippen molar-refractivity contribution in [2.75, 3.05) is 0 Å². The van der Waals surface area contributed by atoms with Crippen molar-refractivity contribution in [1.29, 1.82) is 0 Å². The highest BCUT2D eigenvalue weighted by Gasteiger charge is 2.22. The van der Waals surface area contributed by atoms with E-state index in [-0.39, 0.29) is 13.0 Å². The predicted octanol–water partition coefficient (Wildman–Crippen LogP) is 3.85. The van der Waals surface area contributed by atoms with E-state index >= 15 is 0 Å². The molecule has 7 heteroatoms. The van der Waals surface area contributed by atoms with Gasteiger partial charge in [-0.15, -0.1) is 0 Å². The number of hydrogen-bond acceptors (Lipinski definition) is 3. The second-order valence-electron chi connectivity index (χ2n) is 5.80. The monoisotopic (exact) mass is 416 g/mol. The minimum atomic E-state index is -1.12. The lowest BCUT2D eigenvalue weighted by Crippen LogP contribution is -2.42. The summed E-state index contributed by atoms with van der Waals surface area (Å²) in [5.74, 6) is -1.12. The molecule has 1 amide bonds. The summed E-state index contributed by atoms with van der Waals surface area (Å²) in [6.45, 7) is 0.0835. The molecule has 1 aromatic heterocycles. The van der Waals surface area contributed by atoms with Crippen LogP contribution >= 0.6 is 15.9 Å². The molecule has 0 radical (unpaired) electrons. The van der Waals surface area contributed by atoms with E-state index in [0.717, 1.165) is 26.5 Å². The van der Waals surface area contributed by atoms with Crippen molar-refractivity contribution in [3.05, 3.63) is 70.3 Å². The first-order valence-corrected chi connectivity index (χ1v) is 8.78. The van der Waals surface area contributed by atoms with Gasteiger partial charge in [0.25, 0.3) is 0 Å². The lowest BCUT2D eigenvalue weighted by molar-refractivity contribution is -0.139. The lowest BCUT2D eigenvalue weighted by Gasteiger charge is -2.14. The zero-order valence-electron chi connectivity index (χ0n) is 13.7. The number of benzene rings is 2. The molecule has 2 aromatic carbocycles. The topological polar surface area (TPSA) is 91.4 Å². The molecule has 0 saturated carbocycles. The van der Waals surface area contributed by atoms with Crippen LogP contribution in [-0.4, -0.2) is 28.2 Å². The molecule has 0 saturated heterocycles. The van der Waals surface area contributed by atoms with Gasteiger partial charge in [0.2, 0.25) is 0 Å². The number of halogens is 1. The van der Waals surface area contributed by atoms with Gasteiger partial charge in [-0.05, 0) is 23.3 Å². The molecular formula is C19H17BrN2O4. The van der Waals surface area contributed by atoms with E-state index in [1.54, 1.807) is 6.20 Å². The minimum Gasteiger partial charge on any atom is -0.480 e. The van der Waals surface area contributed by atoms with Crippen LogP contribution in [0.15, 0.2) is 59.2 Å². The fraction of sp³-hybridized carbons (Fsp3) is 0.158. The number of aromatic amines is 1. The zero-order valence-corrected chi connectivity index (χ0v) is 15.3. The molecule has 0 bridgehead atoms. The van der Waals surface area contributed by atoms with Gasteiger partial charge in [-0.1, -0.05) is 52.3 Å². The quantitative estimate of drug-likeness (QED) is 0.568. The predicted molar refractivity (Wildman–Crippen MR) is 101 cm³/mol. The number of aliphatic carboxylic acids is 1. The second-order valence-corrected chi connectivity index (χ2v) is 6.72. The first-order valence-electron chi connectivity index (χ1n) is 7.98. The Morgan fingerprint density at radius 2 is 1.96 bits per heavy atom. The van der Waals surface area contributed by atoms with Crippen LogP contribution in [0.2, 0.25) is 0 Å². The van der Waals surface area contributed by atoms with Crippen LogP contribution in [0.5, 0.6) is 0 Å². The molecule has 0 aliphatic rings. The van der Waals surface area contributed by atoms with Gasteiger partial charge >= 0.3 is 12.1 Å². The normalized spacial score (nSPS) is 11.9. The van der Waals surface area contributed by atoms with Crippen LogP contribution in [0, 0.1) is 0 Å². The molecule has 1 heterocycles. The summed E-state index contributed by atoms with van der Waals surface area (Å²) in [5, 5.41) is 12.8. The number of nitrogens with one attached hydrogen (secondary N) is 2. The molecule has 0 aliphatic heterocycles. The molecule has 134 valence electrons. The van der Waals surface area contributed by atoms with E-state index in [9.17, 15) is 14.7 Å². The highest BCUT2D eigenvalue weighted by atomic mass is 79.9. The Morgan fingerprint density at radius 3 is 2.69 bits per heavy atom. The minimum absolute atomic E-state index is 0.0835. The van der Waals surface area contributed by atoms with Crippen LogP contribution in [0.4, 0.5) is 4.79 Å². The van der Waals surface area contributed by atoms with E-state index in [1.807, 2.05) is 48.5 Å². The molecule has 1 unspecified atom stereocenters. The summed E-state index contributed by atoms with van der Waals surface area (Å²) in [4.78, 5) is 26.6. The maximum atomic E-state index is 12.0. The van der Waals surface area contributed by atoms with Crippen molar-refractivity contribution < 1.29 is 19.4 Å². The highest BCUT2D eigenvalue weighted by Crippen LogP contribution is 2.23. The Balaban J connectivity index is 1.65. The molecule has 3 rings (SSSR count). The summed E-state index contributed by atoms with van der Waals surface area (Å²) >= 11 is 3.40. The fourth-order valence-electron chi connectivity index (χ4n) is 2.65. The first-order chi connectivity index (χ1) is 12.5. The smallest absolute Gasteiger partial charge is 0.408 e. The molecule has 6 nitrogen and oxygen atoms in total. The number of rotatable bonds is 6. The third-order valence-corrected chi connectivity index (χ3v) is 4.45. The van der Waals surface area contributed by atoms with E-state index < -0.39 is 18.1 Å². The van der Waals surface area contributed by atoms with Gasteiger partial charge in [0.05, 0.1) is 0 Å². The number of carbonyl (C=O) groups excluding carboxylic acids is 1. The number of carboxylic acid groups (broad SMARTS) is 1. The van der Waals surface area contributed by atoms with Crippen LogP contribution in [0.1, 0.15) is 11.1 Å². The van der Waals surface area contributed by atoms with E-state index in [1.165, 1.54) is 0 Å². The van der Waals surface area contributed by atoms with Gasteiger partial charge in [-0.25, -0.2) is 9.59 Å². The summed E-state index contributed by atoms with van der Waals surface area (Å²) in [6.07, 6.45) is 1.14. The Morgan fingerprint density at radius 1 is 1.19 bits per heavy atom. The number of carboxylic acids is 1. The van der Waals surface area contributed by atoms with E-state index in [4.69, 9.17) is 4.74 Å². The maximum absolute atomic E-state index is 12.0. The lowest BCUT2D eigenvalue weighted by atomic mass is 10.1. The number of amides is 1. The third kappa shape index (κ3) is 4.43. The first kappa shape index (κ1) is 18.0. The zero-order chi connectivity index (χ0) is 18.5. The molecular weight excluding hydrogens is 400 g/mol. The number of aromatic nitrogens is 1. The average molecular weight is 417 g/mol.